The Labute approximate surface area is 219 Å². The molecule has 1 saturated carbocycles. The van der Waals surface area contributed by atoms with Gasteiger partial charge in [-0.25, -0.2) is 9.37 Å². The molecular weight excluding hydrogens is 498 g/mol. The predicted molar refractivity (Wildman–Crippen MR) is 139 cm³/mol. The van der Waals surface area contributed by atoms with Gasteiger partial charge in [-0.2, -0.15) is 28.1 Å². The van der Waals surface area contributed by atoms with Gasteiger partial charge in [-0.1, -0.05) is 19.3 Å². The fourth-order valence-electron chi connectivity index (χ4n) is 5.19. The minimum absolute atomic E-state index is 0.0597. The van der Waals surface area contributed by atoms with E-state index in [4.69, 9.17) is 15.0 Å². The molecule has 0 amide bonds. The number of hydrogen-bond acceptors (Lipinski definition) is 7. The Hall–Kier alpha value is -3.50. The molecule has 0 atom stereocenters. The summed E-state index contributed by atoms with van der Waals surface area (Å²) < 4.78 is 54.6. The van der Waals surface area contributed by atoms with Crippen molar-refractivity contribution >= 4 is 17.7 Å². The zero-order chi connectivity index (χ0) is 26.9. The second kappa shape index (κ2) is 10.7. The molecule has 2 aromatic heterocycles. The molecule has 1 aliphatic heterocycles. The van der Waals surface area contributed by atoms with E-state index in [1.807, 2.05) is 11.9 Å². The smallest absolute Gasteiger partial charge is 0.353 e. The number of hydrogen-bond donors (Lipinski definition) is 0. The highest BCUT2D eigenvalue weighted by atomic mass is 19.4. The molecular formula is C27H31F4N7. The molecule has 38 heavy (non-hydrogen) atoms. The average molecular weight is 530 g/mol. The fraction of sp³-hybridized carbons (Fsp3) is 0.481. The van der Waals surface area contributed by atoms with Gasteiger partial charge in [0.25, 0.3) is 0 Å². The number of aromatic nitrogens is 4. The van der Waals surface area contributed by atoms with Gasteiger partial charge in [-0.15, -0.1) is 0 Å². The SMILES string of the molecule is Cc1cc(-c2nc(N3CCN(c4ncccc4C(F)(F)F)CC3)nc(N(C)C3CCCCC3)n2)ccc1F. The van der Waals surface area contributed by atoms with Crippen LogP contribution in [-0.4, -0.2) is 59.2 Å². The summed E-state index contributed by atoms with van der Waals surface area (Å²) in [4.78, 5) is 24.0. The molecule has 3 aromatic rings. The molecule has 5 rings (SSSR count). The van der Waals surface area contributed by atoms with Crippen molar-refractivity contribution in [2.75, 3.05) is 47.9 Å². The lowest BCUT2D eigenvalue weighted by atomic mass is 9.95. The van der Waals surface area contributed by atoms with Crippen molar-refractivity contribution < 1.29 is 17.6 Å². The first-order valence-corrected chi connectivity index (χ1v) is 13.0. The van der Waals surface area contributed by atoms with Gasteiger partial charge in [-0.05, 0) is 55.7 Å². The highest BCUT2D eigenvalue weighted by Crippen LogP contribution is 2.36. The van der Waals surface area contributed by atoms with Gasteiger partial charge < -0.3 is 14.7 Å². The summed E-state index contributed by atoms with van der Waals surface area (Å²) in [5, 5.41) is 0. The molecule has 3 heterocycles. The van der Waals surface area contributed by atoms with Crippen LogP contribution in [0.2, 0.25) is 0 Å². The normalized spacial score (nSPS) is 17.1. The van der Waals surface area contributed by atoms with E-state index in [0.29, 0.717) is 61.1 Å². The van der Waals surface area contributed by atoms with Gasteiger partial charge in [0, 0.05) is 51.0 Å². The predicted octanol–water partition coefficient (Wildman–Crippen LogP) is 5.50. The Morgan fingerprint density at radius 1 is 0.921 bits per heavy atom. The van der Waals surface area contributed by atoms with Gasteiger partial charge in [0.15, 0.2) is 5.82 Å². The van der Waals surface area contributed by atoms with Gasteiger partial charge >= 0.3 is 6.18 Å². The molecule has 2 aliphatic rings. The highest BCUT2D eigenvalue weighted by molar-refractivity contribution is 5.60. The number of aryl methyl sites for hydroxylation is 1. The number of anilines is 3. The van der Waals surface area contributed by atoms with Gasteiger partial charge in [0.05, 0.1) is 5.56 Å². The summed E-state index contributed by atoms with van der Waals surface area (Å²) in [7, 11) is 1.99. The highest BCUT2D eigenvalue weighted by Gasteiger charge is 2.36. The second-order valence-electron chi connectivity index (χ2n) is 9.97. The van der Waals surface area contributed by atoms with Crippen molar-refractivity contribution in [1.82, 2.24) is 19.9 Å². The van der Waals surface area contributed by atoms with Crippen LogP contribution in [0.25, 0.3) is 11.4 Å². The number of nitrogens with zero attached hydrogens (tertiary/aromatic N) is 7. The Balaban J connectivity index is 1.43. The maximum Gasteiger partial charge on any atom is 0.419 e. The molecule has 2 fully saturated rings. The van der Waals surface area contributed by atoms with Gasteiger partial charge in [-0.3, -0.25) is 0 Å². The monoisotopic (exact) mass is 529 g/mol. The average Bonchev–Trinajstić information content (AvgIpc) is 2.94. The lowest BCUT2D eigenvalue weighted by Crippen LogP contribution is -2.48. The van der Waals surface area contributed by atoms with Crippen molar-refractivity contribution in [3.8, 4) is 11.4 Å². The quantitative estimate of drug-likeness (QED) is 0.405. The first-order valence-electron chi connectivity index (χ1n) is 13.0. The van der Waals surface area contributed by atoms with Crippen LogP contribution in [0, 0.1) is 12.7 Å². The zero-order valence-electron chi connectivity index (χ0n) is 21.5. The maximum atomic E-state index is 14.0. The van der Waals surface area contributed by atoms with E-state index >= 15 is 0 Å². The first kappa shape index (κ1) is 26.1. The van der Waals surface area contributed by atoms with Crippen molar-refractivity contribution in [1.29, 1.82) is 0 Å². The molecule has 7 nitrogen and oxygen atoms in total. The molecule has 0 radical (unpaired) electrons. The van der Waals surface area contributed by atoms with Crippen LogP contribution in [0.3, 0.4) is 0 Å². The van der Waals surface area contributed by atoms with Crippen molar-refractivity contribution in [3.05, 3.63) is 53.5 Å². The van der Waals surface area contributed by atoms with E-state index in [1.165, 1.54) is 24.8 Å². The number of pyridine rings is 1. The first-order chi connectivity index (χ1) is 18.2. The molecule has 0 spiro atoms. The molecule has 1 aliphatic carbocycles. The Bertz CT molecular complexity index is 1270. The van der Waals surface area contributed by atoms with E-state index in [9.17, 15) is 17.6 Å². The molecule has 0 unspecified atom stereocenters. The van der Waals surface area contributed by atoms with E-state index < -0.39 is 11.7 Å². The summed E-state index contributed by atoms with van der Waals surface area (Å²) in [5.74, 6) is 1.10. The summed E-state index contributed by atoms with van der Waals surface area (Å²) in [6, 6.07) is 7.47. The summed E-state index contributed by atoms with van der Waals surface area (Å²) in [6.45, 7) is 3.22. The topological polar surface area (TPSA) is 61.3 Å². The summed E-state index contributed by atoms with van der Waals surface area (Å²) >= 11 is 0. The lowest BCUT2D eigenvalue weighted by Gasteiger charge is -2.37. The number of alkyl halides is 3. The molecule has 11 heteroatoms. The van der Waals surface area contributed by atoms with Crippen molar-refractivity contribution in [3.63, 3.8) is 0 Å². The van der Waals surface area contributed by atoms with Crippen LogP contribution in [0.4, 0.5) is 35.3 Å². The van der Waals surface area contributed by atoms with Crippen LogP contribution >= 0.6 is 0 Å². The van der Waals surface area contributed by atoms with Gasteiger partial charge in [0.1, 0.15) is 11.6 Å². The summed E-state index contributed by atoms with van der Waals surface area (Å²) in [6.07, 6.45) is 2.57. The Kier molecular flexibility index (Phi) is 7.36. The molecule has 0 bridgehead atoms. The maximum absolute atomic E-state index is 14.0. The molecule has 202 valence electrons. The standard InChI is InChI=1S/C27H31F4N7/c1-18-17-19(10-11-22(18)28)23-33-25(36(2)20-7-4-3-5-8-20)35-26(34-23)38-15-13-37(14-16-38)24-21(27(29,30)31)9-6-12-32-24/h6,9-12,17,20H,3-5,7-8,13-16H2,1-2H3. The molecule has 0 N–H and O–H groups in total. The van der Waals surface area contributed by atoms with Gasteiger partial charge in [0.2, 0.25) is 11.9 Å². The number of halogens is 4. The number of rotatable bonds is 5. The lowest BCUT2D eigenvalue weighted by molar-refractivity contribution is -0.137. The Morgan fingerprint density at radius 2 is 1.63 bits per heavy atom. The summed E-state index contributed by atoms with van der Waals surface area (Å²) in [5.41, 5.74) is 0.447. The van der Waals surface area contributed by atoms with Crippen molar-refractivity contribution in [2.24, 2.45) is 0 Å². The van der Waals surface area contributed by atoms with E-state index in [-0.39, 0.29) is 11.6 Å². The van der Waals surface area contributed by atoms with Crippen LogP contribution in [-0.2, 0) is 6.18 Å². The largest absolute Gasteiger partial charge is 0.419 e. The third-order valence-electron chi connectivity index (χ3n) is 7.42. The minimum atomic E-state index is -4.48. The molecule has 1 saturated heterocycles. The Morgan fingerprint density at radius 3 is 2.32 bits per heavy atom. The third-order valence-corrected chi connectivity index (χ3v) is 7.42. The zero-order valence-corrected chi connectivity index (χ0v) is 21.5. The van der Waals surface area contributed by atoms with E-state index in [1.54, 1.807) is 24.0 Å². The van der Waals surface area contributed by atoms with Crippen LogP contribution in [0.5, 0.6) is 0 Å². The number of benzene rings is 1. The van der Waals surface area contributed by atoms with Crippen LogP contribution in [0.1, 0.15) is 43.2 Å². The number of piperazine rings is 1. The third kappa shape index (κ3) is 5.51. The molecule has 1 aromatic carbocycles. The fourth-order valence-corrected chi connectivity index (χ4v) is 5.19. The van der Waals surface area contributed by atoms with Crippen LogP contribution < -0.4 is 14.7 Å². The minimum Gasteiger partial charge on any atom is -0.353 e. The van der Waals surface area contributed by atoms with E-state index in [2.05, 4.69) is 9.88 Å². The second-order valence-corrected chi connectivity index (χ2v) is 9.97. The van der Waals surface area contributed by atoms with E-state index in [0.717, 1.165) is 31.7 Å². The van der Waals surface area contributed by atoms with Crippen LogP contribution in [0.15, 0.2) is 36.5 Å². The van der Waals surface area contributed by atoms with Crippen molar-refractivity contribution in [2.45, 2.75) is 51.2 Å².